The van der Waals surface area contributed by atoms with Crippen LogP contribution in [0.1, 0.15) is 53.9 Å². The van der Waals surface area contributed by atoms with Crippen molar-refractivity contribution in [1.29, 1.82) is 0 Å². The molecule has 4 fully saturated rings. The van der Waals surface area contributed by atoms with Crippen molar-refractivity contribution in [3.05, 3.63) is 23.8 Å². The van der Waals surface area contributed by atoms with Gasteiger partial charge in [-0.15, -0.1) is 0 Å². The van der Waals surface area contributed by atoms with E-state index in [1.54, 1.807) is 0 Å². The summed E-state index contributed by atoms with van der Waals surface area (Å²) >= 11 is 0. The van der Waals surface area contributed by atoms with Crippen molar-refractivity contribution in [3.8, 4) is 11.8 Å². The van der Waals surface area contributed by atoms with Gasteiger partial charge in [-0.25, -0.2) is 0 Å². The predicted octanol–water partition coefficient (Wildman–Crippen LogP) is 4.08. The van der Waals surface area contributed by atoms with E-state index in [-0.39, 0.29) is 17.4 Å². The van der Waals surface area contributed by atoms with Gasteiger partial charge in [0.1, 0.15) is 5.60 Å². The number of fused-ring (bicyclic) bond motifs is 3. The highest BCUT2D eigenvalue weighted by Crippen LogP contribution is 2.66. The van der Waals surface area contributed by atoms with Crippen LogP contribution in [0, 0.1) is 40.9 Å². The van der Waals surface area contributed by atoms with Crippen molar-refractivity contribution in [2.45, 2.75) is 71.4 Å². The molecule has 0 aromatic carbocycles. The highest BCUT2D eigenvalue weighted by atomic mass is 16.7. The smallest absolute Gasteiger partial charge is 0.163 e. The highest BCUT2D eigenvalue weighted by molar-refractivity contribution is 5.42. The first-order valence-electron chi connectivity index (χ1n) is 10.0. The molecular formula is C23H32O3. The fourth-order valence-corrected chi connectivity index (χ4v) is 6.10. The fraction of sp³-hybridized carbons (Fsp3) is 0.739. The fourth-order valence-electron chi connectivity index (χ4n) is 6.10. The molecule has 3 saturated carbocycles. The van der Waals surface area contributed by atoms with Crippen molar-refractivity contribution >= 4 is 0 Å². The standard InChI is InChI=1S/C23H32O3/c1-14(2)9-12-23(24)15(3)17-10-11-22(23,6)18-8-7-16-13-25-21(4,5)26-20(16)19(17)18/h8,15-17,19-20,24H,1,7,10-11,13H2,2-6H3/t15-,16+,17?,19-,20-,22?,23?/m1/s1. The Morgan fingerprint density at radius 3 is 2.77 bits per heavy atom. The lowest BCUT2D eigenvalue weighted by atomic mass is 9.42. The van der Waals surface area contributed by atoms with Gasteiger partial charge in [-0.3, -0.25) is 0 Å². The van der Waals surface area contributed by atoms with Gasteiger partial charge >= 0.3 is 0 Å². The molecule has 5 rings (SSSR count). The largest absolute Gasteiger partial charge is 0.376 e. The Hall–Kier alpha value is -1.08. The van der Waals surface area contributed by atoms with Crippen LogP contribution < -0.4 is 0 Å². The Kier molecular flexibility index (Phi) is 4.02. The Bertz CT molecular complexity index is 723. The summed E-state index contributed by atoms with van der Waals surface area (Å²) in [6.07, 6.45) is 5.65. The maximum atomic E-state index is 11.8. The third-order valence-electron chi connectivity index (χ3n) is 7.57. The van der Waals surface area contributed by atoms with E-state index in [0.717, 1.165) is 31.4 Å². The van der Waals surface area contributed by atoms with Crippen LogP contribution in [0.2, 0.25) is 0 Å². The molecule has 0 radical (unpaired) electrons. The second-order valence-corrected chi connectivity index (χ2v) is 9.59. The van der Waals surface area contributed by atoms with Gasteiger partial charge in [0.25, 0.3) is 0 Å². The van der Waals surface area contributed by atoms with Crippen LogP contribution in [-0.2, 0) is 9.47 Å². The van der Waals surface area contributed by atoms with Crippen LogP contribution in [0.3, 0.4) is 0 Å². The highest BCUT2D eigenvalue weighted by Gasteiger charge is 2.66. The van der Waals surface area contributed by atoms with Gasteiger partial charge in [-0.2, -0.15) is 0 Å². The van der Waals surface area contributed by atoms with Crippen molar-refractivity contribution in [1.82, 2.24) is 0 Å². The monoisotopic (exact) mass is 356 g/mol. The first-order chi connectivity index (χ1) is 12.1. The Morgan fingerprint density at radius 2 is 2.08 bits per heavy atom. The lowest BCUT2D eigenvalue weighted by Gasteiger charge is -2.65. The molecule has 2 bridgehead atoms. The molecule has 0 amide bonds. The topological polar surface area (TPSA) is 38.7 Å². The number of aliphatic hydroxyl groups is 1. The first kappa shape index (κ1) is 18.3. The van der Waals surface area contributed by atoms with E-state index < -0.39 is 11.4 Å². The second-order valence-electron chi connectivity index (χ2n) is 9.59. The minimum absolute atomic E-state index is 0.114. The molecule has 142 valence electrons. The minimum atomic E-state index is -0.995. The zero-order chi connectivity index (χ0) is 18.9. The molecule has 5 aliphatic rings. The molecule has 26 heavy (non-hydrogen) atoms. The van der Waals surface area contributed by atoms with Crippen LogP contribution in [0.25, 0.3) is 0 Å². The number of hydrogen-bond donors (Lipinski definition) is 1. The van der Waals surface area contributed by atoms with E-state index in [4.69, 9.17) is 9.47 Å². The summed E-state index contributed by atoms with van der Waals surface area (Å²) < 4.78 is 12.4. The van der Waals surface area contributed by atoms with Crippen LogP contribution in [0.15, 0.2) is 23.8 Å². The third-order valence-corrected chi connectivity index (χ3v) is 7.57. The van der Waals surface area contributed by atoms with E-state index >= 15 is 0 Å². The SMILES string of the molecule is C=C(C)C#CC1(O)[C@H](C)C2CCC1(C)C1=CC[C@H]3COC(C)(C)O[C@H]3[C@@H]12. The Labute approximate surface area is 157 Å². The van der Waals surface area contributed by atoms with Crippen molar-refractivity contribution in [2.75, 3.05) is 6.61 Å². The summed E-state index contributed by atoms with van der Waals surface area (Å²) in [5.74, 6) is 7.10. The number of rotatable bonds is 0. The maximum Gasteiger partial charge on any atom is 0.163 e. The molecule has 0 aromatic heterocycles. The maximum absolute atomic E-state index is 11.8. The van der Waals surface area contributed by atoms with Crippen LogP contribution in [0.4, 0.5) is 0 Å². The lowest BCUT2D eigenvalue weighted by molar-refractivity contribution is -0.313. The Balaban J connectivity index is 1.79. The molecule has 1 aliphatic heterocycles. The second kappa shape index (κ2) is 5.71. The molecule has 3 nitrogen and oxygen atoms in total. The van der Waals surface area contributed by atoms with E-state index in [0.29, 0.717) is 17.8 Å². The number of ether oxygens (including phenoxy) is 2. The van der Waals surface area contributed by atoms with Gasteiger partial charge in [0, 0.05) is 23.2 Å². The summed E-state index contributed by atoms with van der Waals surface area (Å²) in [4.78, 5) is 0. The van der Waals surface area contributed by atoms with Crippen molar-refractivity contribution in [2.24, 2.45) is 29.1 Å². The summed E-state index contributed by atoms with van der Waals surface area (Å²) in [5.41, 5.74) is 0.874. The zero-order valence-electron chi connectivity index (χ0n) is 16.8. The summed E-state index contributed by atoms with van der Waals surface area (Å²) in [7, 11) is 0. The average Bonchev–Trinajstić information content (AvgIpc) is 2.57. The lowest BCUT2D eigenvalue weighted by Crippen LogP contribution is -2.67. The number of allylic oxidation sites excluding steroid dienone is 2. The normalized spacial score (nSPS) is 48.5. The van der Waals surface area contributed by atoms with E-state index in [9.17, 15) is 5.11 Å². The van der Waals surface area contributed by atoms with E-state index in [1.165, 1.54) is 5.57 Å². The predicted molar refractivity (Wildman–Crippen MR) is 102 cm³/mol. The quantitative estimate of drug-likeness (QED) is 0.525. The van der Waals surface area contributed by atoms with Gasteiger partial charge in [0.15, 0.2) is 5.79 Å². The molecule has 0 spiro atoms. The van der Waals surface area contributed by atoms with Gasteiger partial charge in [-0.1, -0.05) is 43.9 Å². The van der Waals surface area contributed by atoms with E-state index in [2.05, 4.69) is 38.3 Å². The summed E-state index contributed by atoms with van der Waals surface area (Å²) in [6.45, 7) is 15.0. The van der Waals surface area contributed by atoms with Gasteiger partial charge in [0.05, 0.1) is 12.7 Å². The summed E-state index contributed by atoms with van der Waals surface area (Å²) in [5, 5.41) is 11.8. The molecule has 3 unspecified atom stereocenters. The molecule has 7 atom stereocenters. The van der Waals surface area contributed by atoms with Crippen LogP contribution in [-0.4, -0.2) is 29.2 Å². The molecule has 1 heterocycles. The van der Waals surface area contributed by atoms with Crippen LogP contribution >= 0.6 is 0 Å². The first-order valence-corrected chi connectivity index (χ1v) is 10.0. The molecule has 4 aliphatic carbocycles. The zero-order valence-corrected chi connectivity index (χ0v) is 16.8. The van der Waals surface area contributed by atoms with Crippen molar-refractivity contribution < 1.29 is 14.6 Å². The van der Waals surface area contributed by atoms with Crippen LogP contribution in [0.5, 0.6) is 0 Å². The van der Waals surface area contributed by atoms with Crippen molar-refractivity contribution in [3.63, 3.8) is 0 Å². The third kappa shape index (κ3) is 2.39. The van der Waals surface area contributed by atoms with Gasteiger partial charge < -0.3 is 14.6 Å². The molecular weight excluding hydrogens is 324 g/mol. The van der Waals surface area contributed by atoms with E-state index in [1.807, 2.05) is 20.8 Å². The van der Waals surface area contributed by atoms with Gasteiger partial charge in [-0.05, 0) is 51.5 Å². The minimum Gasteiger partial charge on any atom is -0.376 e. The Morgan fingerprint density at radius 1 is 1.35 bits per heavy atom. The molecule has 1 N–H and O–H groups in total. The molecule has 3 heteroatoms. The number of hydrogen-bond acceptors (Lipinski definition) is 3. The molecule has 1 saturated heterocycles. The molecule has 0 aromatic rings. The summed E-state index contributed by atoms with van der Waals surface area (Å²) in [6, 6.07) is 0. The van der Waals surface area contributed by atoms with Gasteiger partial charge in [0.2, 0.25) is 0 Å². The average molecular weight is 357 g/mol.